The van der Waals surface area contributed by atoms with Gasteiger partial charge in [-0.25, -0.2) is 4.99 Å². The van der Waals surface area contributed by atoms with Gasteiger partial charge in [-0.05, 0) is 76.5 Å². The number of thiazole rings is 1. The molecule has 0 fully saturated rings. The Hall–Kier alpha value is -4.45. The van der Waals surface area contributed by atoms with Gasteiger partial charge in [-0.2, -0.15) is 0 Å². The van der Waals surface area contributed by atoms with Crippen molar-refractivity contribution in [2.75, 3.05) is 19.5 Å². The van der Waals surface area contributed by atoms with Crippen molar-refractivity contribution in [1.82, 2.24) is 4.57 Å². The number of nitrogens with one attached hydrogen (secondary N) is 1. The molecule has 2 heterocycles. The second-order valence-corrected chi connectivity index (χ2v) is 13.4. The maximum absolute atomic E-state index is 14.4. The number of methoxy groups -OCH3 is 2. The first-order chi connectivity index (χ1) is 22.8. The lowest BCUT2D eigenvalue weighted by atomic mass is 9.94. The maximum Gasteiger partial charge on any atom is 0.271 e. The maximum atomic E-state index is 14.4. The highest BCUT2D eigenvalue weighted by Gasteiger charge is 2.33. The Bertz CT molecular complexity index is 2180. The molecule has 0 spiro atoms. The third-order valence-electron chi connectivity index (χ3n) is 7.57. The minimum Gasteiger partial charge on any atom is -0.493 e. The molecule has 1 aliphatic rings. The van der Waals surface area contributed by atoms with Crippen molar-refractivity contribution in [1.29, 1.82) is 0 Å². The number of amides is 1. The Balaban J connectivity index is 1.50. The summed E-state index contributed by atoms with van der Waals surface area (Å²) in [6.45, 7) is 2.13. The minimum atomic E-state index is -0.792. The highest BCUT2D eigenvalue weighted by molar-refractivity contribution is 9.11. The van der Waals surface area contributed by atoms with Crippen LogP contribution in [0.5, 0.6) is 17.2 Å². The third-order valence-corrected chi connectivity index (χ3v) is 9.60. The van der Waals surface area contributed by atoms with Gasteiger partial charge in [0, 0.05) is 15.7 Å². The van der Waals surface area contributed by atoms with E-state index in [2.05, 4.69) is 37.2 Å². The molecule has 1 atom stereocenters. The molecule has 1 aromatic heterocycles. The predicted octanol–water partition coefficient (Wildman–Crippen LogP) is 7.00. The lowest BCUT2D eigenvalue weighted by Gasteiger charge is -2.26. The molecule has 0 bridgehead atoms. The number of hydrogen-bond acceptors (Lipinski definition) is 7. The number of hydrogen-bond donors (Lipinski definition) is 1. The monoisotopic (exact) mass is 773 g/mol. The summed E-state index contributed by atoms with van der Waals surface area (Å²) < 4.78 is 20.9. The van der Waals surface area contributed by atoms with Gasteiger partial charge in [-0.3, -0.25) is 14.2 Å². The summed E-state index contributed by atoms with van der Waals surface area (Å²) in [6, 6.07) is 27.4. The zero-order valence-electron chi connectivity index (χ0n) is 25.6. The van der Waals surface area contributed by atoms with Crippen LogP contribution in [0.25, 0.3) is 6.08 Å². The number of ether oxygens (including phenoxy) is 3. The van der Waals surface area contributed by atoms with Crippen molar-refractivity contribution in [3.63, 3.8) is 0 Å². The first-order valence-corrected chi connectivity index (χ1v) is 16.9. The van der Waals surface area contributed by atoms with E-state index in [1.807, 2.05) is 78.9 Å². The molecule has 6 rings (SSSR count). The molecule has 0 unspecified atom stereocenters. The fourth-order valence-corrected chi connectivity index (χ4v) is 7.79. The Morgan fingerprint density at radius 3 is 2.36 bits per heavy atom. The highest BCUT2D eigenvalue weighted by Crippen LogP contribution is 2.37. The normalized spacial score (nSPS) is 14.3. The van der Waals surface area contributed by atoms with E-state index in [4.69, 9.17) is 19.2 Å². The fourth-order valence-electron chi connectivity index (χ4n) is 5.38. The molecule has 1 aliphatic heterocycles. The quantitative estimate of drug-likeness (QED) is 0.174. The van der Waals surface area contributed by atoms with Crippen molar-refractivity contribution in [2.24, 2.45) is 4.99 Å². The van der Waals surface area contributed by atoms with Crippen LogP contribution in [0, 0.1) is 0 Å². The van der Waals surface area contributed by atoms with Gasteiger partial charge < -0.3 is 19.5 Å². The van der Waals surface area contributed by atoms with Crippen LogP contribution < -0.4 is 34.4 Å². The third kappa shape index (κ3) is 6.83. The number of benzene rings is 4. The molecule has 8 nitrogen and oxygen atoms in total. The number of fused-ring (bicyclic) bond motifs is 1. The Kier molecular flexibility index (Phi) is 9.76. The van der Waals surface area contributed by atoms with E-state index in [1.54, 1.807) is 43.9 Å². The van der Waals surface area contributed by atoms with Gasteiger partial charge in [0.2, 0.25) is 0 Å². The predicted molar refractivity (Wildman–Crippen MR) is 191 cm³/mol. The topological polar surface area (TPSA) is 91.2 Å². The summed E-state index contributed by atoms with van der Waals surface area (Å²) in [4.78, 5) is 33.6. The molecule has 5 aromatic rings. The molecule has 238 valence electrons. The van der Waals surface area contributed by atoms with Gasteiger partial charge in [0.1, 0.15) is 12.4 Å². The van der Waals surface area contributed by atoms with Gasteiger partial charge in [0.05, 0.1) is 40.5 Å². The Morgan fingerprint density at radius 1 is 0.957 bits per heavy atom. The van der Waals surface area contributed by atoms with Crippen LogP contribution in [0.1, 0.15) is 29.7 Å². The molecule has 0 saturated carbocycles. The highest BCUT2D eigenvalue weighted by atomic mass is 79.9. The molecule has 4 aromatic carbocycles. The zero-order valence-corrected chi connectivity index (χ0v) is 29.6. The van der Waals surface area contributed by atoms with E-state index < -0.39 is 6.04 Å². The number of allylic oxidation sites excluding steroid dienone is 1. The SMILES string of the molecule is COc1ccc([C@@H]2C(C(=O)Nc3ccccc3)=C(C)N=c3s/c(=C\c4cc(Br)cc(Br)c4OCc4ccccc4)c(=O)n32)cc1OC. The average molecular weight is 776 g/mol. The first kappa shape index (κ1) is 32.5. The van der Waals surface area contributed by atoms with Gasteiger partial charge in [-0.1, -0.05) is 81.9 Å². The van der Waals surface area contributed by atoms with Crippen LogP contribution in [0.15, 0.2) is 121 Å². The number of carbonyl (C=O) groups is 1. The number of rotatable bonds is 9. The van der Waals surface area contributed by atoms with Gasteiger partial charge in [0.25, 0.3) is 11.5 Å². The van der Waals surface area contributed by atoms with Gasteiger partial charge >= 0.3 is 0 Å². The van der Waals surface area contributed by atoms with E-state index in [-0.39, 0.29) is 11.5 Å². The van der Waals surface area contributed by atoms with Crippen LogP contribution in [0.4, 0.5) is 5.69 Å². The molecule has 0 aliphatic carbocycles. The number of aromatic nitrogens is 1. The van der Waals surface area contributed by atoms with Crippen LogP contribution in [0.2, 0.25) is 0 Å². The van der Waals surface area contributed by atoms with Crippen molar-refractivity contribution < 1.29 is 19.0 Å². The summed E-state index contributed by atoms with van der Waals surface area (Å²) in [5.41, 5.74) is 3.56. The van der Waals surface area contributed by atoms with Crippen LogP contribution in [-0.4, -0.2) is 24.7 Å². The molecule has 1 amide bonds. The number of para-hydroxylation sites is 1. The Labute approximate surface area is 291 Å². The van der Waals surface area contributed by atoms with Gasteiger partial charge in [0.15, 0.2) is 16.3 Å². The fraction of sp³-hybridized carbons (Fsp3) is 0.139. The van der Waals surface area contributed by atoms with Crippen LogP contribution in [-0.2, 0) is 11.4 Å². The number of nitrogens with zero attached hydrogens (tertiary/aromatic N) is 2. The lowest BCUT2D eigenvalue weighted by molar-refractivity contribution is -0.113. The Morgan fingerprint density at radius 2 is 1.66 bits per heavy atom. The lowest BCUT2D eigenvalue weighted by Crippen LogP contribution is -2.40. The van der Waals surface area contributed by atoms with Crippen molar-refractivity contribution in [3.8, 4) is 17.2 Å². The van der Waals surface area contributed by atoms with Crippen molar-refractivity contribution >= 4 is 60.9 Å². The number of carbonyl (C=O) groups excluding carboxylic acids is 1. The van der Waals surface area contributed by atoms with Crippen LogP contribution in [0.3, 0.4) is 0 Å². The first-order valence-electron chi connectivity index (χ1n) is 14.5. The molecule has 0 saturated heterocycles. The molecular weight excluding hydrogens is 746 g/mol. The van der Waals surface area contributed by atoms with Gasteiger partial charge in [-0.15, -0.1) is 0 Å². The molecule has 11 heteroatoms. The molecule has 47 heavy (non-hydrogen) atoms. The summed E-state index contributed by atoms with van der Waals surface area (Å²) in [5.74, 6) is 1.24. The van der Waals surface area contributed by atoms with E-state index in [0.717, 1.165) is 14.5 Å². The number of anilines is 1. The minimum absolute atomic E-state index is 0.295. The second-order valence-electron chi connectivity index (χ2n) is 10.6. The van der Waals surface area contributed by atoms with Crippen LogP contribution >= 0.6 is 43.2 Å². The van der Waals surface area contributed by atoms with E-state index in [9.17, 15) is 9.59 Å². The molecule has 0 radical (unpaired) electrons. The summed E-state index contributed by atoms with van der Waals surface area (Å²) >= 11 is 8.47. The summed E-state index contributed by atoms with van der Waals surface area (Å²) in [6.07, 6.45) is 1.80. The van der Waals surface area contributed by atoms with E-state index in [0.29, 0.717) is 61.3 Å². The summed E-state index contributed by atoms with van der Waals surface area (Å²) in [7, 11) is 3.10. The average Bonchev–Trinajstić information content (AvgIpc) is 3.37. The second kappa shape index (κ2) is 14.1. The molecular formula is C36H29Br2N3O5S. The largest absolute Gasteiger partial charge is 0.493 e. The standard InChI is InChI=1S/C36H29Br2N3O5S/c1-21-31(34(42)40-26-12-8-5-9-13-26)32(23-14-15-28(44-2)29(17-23)45-3)41-35(43)30(47-36(41)39-21)18-24-16-25(37)19-27(38)33(24)46-20-22-10-6-4-7-11-22/h4-19,32H,20H2,1-3H3,(H,40,42)/b30-18-/t32-/m1/s1. The van der Waals surface area contributed by atoms with Crippen molar-refractivity contribution in [2.45, 2.75) is 19.6 Å². The number of halogens is 2. The molecule has 1 N–H and O–H groups in total. The smallest absolute Gasteiger partial charge is 0.271 e. The van der Waals surface area contributed by atoms with E-state index >= 15 is 0 Å². The van der Waals surface area contributed by atoms with E-state index in [1.165, 1.54) is 11.3 Å². The summed E-state index contributed by atoms with van der Waals surface area (Å²) in [5, 5.41) is 2.98. The van der Waals surface area contributed by atoms with Crippen molar-refractivity contribution in [3.05, 3.63) is 148 Å². The zero-order chi connectivity index (χ0) is 33.1.